The van der Waals surface area contributed by atoms with E-state index in [1.165, 1.54) is 6.42 Å². The largest absolute Gasteiger partial charge is 0.353 e. The minimum Gasteiger partial charge on any atom is -0.353 e. The van der Waals surface area contributed by atoms with Gasteiger partial charge < -0.3 is 10.6 Å². The maximum absolute atomic E-state index is 12.0. The zero-order valence-corrected chi connectivity index (χ0v) is 10.5. The molecule has 0 aromatic rings. The van der Waals surface area contributed by atoms with Crippen molar-refractivity contribution in [1.82, 2.24) is 10.6 Å². The summed E-state index contributed by atoms with van der Waals surface area (Å²) in [4.78, 5) is 12.0. The van der Waals surface area contributed by atoms with Crippen molar-refractivity contribution in [3.63, 3.8) is 0 Å². The fraction of sp³-hybridized carbons (Fsp3) is 0.923. The molecule has 2 N–H and O–H groups in total. The van der Waals surface area contributed by atoms with Gasteiger partial charge in [0.1, 0.15) is 0 Å². The molecule has 0 aromatic heterocycles. The molecule has 16 heavy (non-hydrogen) atoms. The lowest BCUT2D eigenvalue weighted by Gasteiger charge is -2.24. The molecule has 92 valence electrons. The molecular formula is C13H24N2O. The van der Waals surface area contributed by atoms with Gasteiger partial charge in [0.2, 0.25) is 5.91 Å². The Morgan fingerprint density at radius 2 is 2.19 bits per heavy atom. The van der Waals surface area contributed by atoms with Gasteiger partial charge in [-0.05, 0) is 44.1 Å². The first-order chi connectivity index (χ1) is 7.57. The second-order valence-electron chi connectivity index (χ2n) is 6.16. The number of carbonyl (C=O) groups excluding carboxylic acids is 1. The van der Waals surface area contributed by atoms with E-state index in [-0.39, 0.29) is 11.8 Å². The SMILES string of the molecule is CC1(C)CCC(NC(=O)C2CCCNC2)C1. The number of hydrogen-bond donors (Lipinski definition) is 2. The topological polar surface area (TPSA) is 41.1 Å². The van der Waals surface area contributed by atoms with Gasteiger partial charge in [0.15, 0.2) is 0 Å². The predicted molar refractivity (Wildman–Crippen MR) is 65.2 cm³/mol. The van der Waals surface area contributed by atoms with E-state index in [4.69, 9.17) is 0 Å². The van der Waals surface area contributed by atoms with Gasteiger partial charge in [0.25, 0.3) is 0 Å². The zero-order chi connectivity index (χ0) is 11.6. The maximum atomic E-state index is 12.0. The van der Waals surface area contributed by atoms with Crippen LogP contribution < -0.4 is 10.6 Å². The Kier molecular flexibility index (Phi) is 3.53. The maximum Gasteiger partial charge on any atom is 0.224 e. The Labute approximate surface area is 98.4 Å². The molecule has 3 nitrogen and oxygen atoms in total. The number of hydrogen-bond acceptors (Lipinski definition) is 2. The molecule has 2 aliphatic rings. The third-order valence-corrected chi connectivity index (χ3v) is 3.98. The lowest BCUT2D eigenvalue weighted by atomic mass is 9.91. The first-order valence-electron chi connectivity index (χ1n) is 6.58. The van der Waals surface area contributed by atoms with Gasteiger partial charge in [0.05, 0.1) is 5.92 Å². The highest BCUT2D eigenvalue weighted by Crippen LogP contribution is 2.37. The van der Waals surface area contributed by atoms with Crippen LogP contribution >= 0.6 is 0 Å². The summed E-state index contributed by atoms with van der Waals surface area (Å²) in [6, 6.07) is 0.421. The van der Waals surface area contributed by atoms with Gasteiger partial charge in [-0.15, -0.1) is 0 Å². The quantitative estimate of drug-likeness (QED) is 0.749. The summed E-state index contributed by atoms with van der Waals surface area (Å²) in [5.41, 5.74) is 0.419. The van der Waals surface area contributed by atoms with E-state index in [1.54, 1.807) is 0 Å². The molecule has 2 fully saturated rings. The highest BCUT2D eigenvalue weighted by molar-refractivity contribution is 5.79. The summed E-state index contributed by atoms with van der Waals surface area (Å²) in [6.07, 6.45) is 5.71. The summed E-state index contributed by atoms with van der Waals surface area (Å²) in [5.74, 6) is 0.479. The fourth-order valence-electron chi connectivity index (χ4n) is 2.95. The number of nitrogens with one attached hydrogen (secondary N) is 2. The molecule has 2 rings (SSSR count). The lowest BCUT2D eigenvalue weighted by Crippen LogP contribution is -2.43. The van der Waals surface area contributed by atoms with Gasteiger partial charge in [-0.1, -0.05) is 13.8 Å². The van der Waals surface area contributed by atoms with E-state index in [0.717, 1.165) is 38.8 Å². The predicted octanol–water partition coefficient (Wildman–Crippen LogP) is 1.68. The van der Waals surface area contributed by atoms with Crippen LogP contribution in [0.1, 0.15) is 46.0 Å². The normalized spacial score (nSPS) is 33.6. The van der Waals surface area contributed by atoms with E-state index in [0.29, 0.717) is 11.5 Å². The van der Waals surface area contributed by atoms with Crippen molar-refractivity contribution in [3.05, 3.63) is 0 Å². The summed E-state index contributed by atoms with van der Waals surface area (Å²) in [6.45, 7) is 6.52. The number of carbonyl (C=O) groups is 1. The summed E-state index contributed by atoms with van der Waals surface area (Å²) >= 11 is 0. The van der Waals surface area contributed by atoms with Crippen molar-refractivity contribution in [2.45, 2.75) is 52.0 Å². The Balaban J connectivity index is 1.79. The van der Waals surface area contributed by atoms with Gasteiger partial charge in [-0.3, -0.25) is 4.79 Å². The Morgan fingerprint density at radius 1 is 1.38 bits per heavy atom. The third-order valence-electron chi connectivity index (χ3n) is 3.98. The van der Waals surface area contributed by atoms with Crippen molar-refractivity contribution < 1.29 is 4.79 Å². The van der Waals surface area contributed by atoms with Crippen LogP contribution in [-0.4, -0.2) is 25.0 Å². The number of rotatable bonds is 2. The van der Waals surface area contributed by atoms with Crippen LogP contribution in [0, 0.1) is 11.3 Å². The van der Waals surface area contributed by atoms with Crippen molar-refractivity contribution in [1.29, 1.82) is 0 Å². The van der Waals surface area contributed by atoms with Crippen molar-refractivity contribution in [2.75, 3.05) is 13.1 Å². The van der Waals surface area contributed by atoms with Crippen molar-refractivity contribution in [2.24, 2.45) is 11.3 Å². The third kappa shape index (κ3) is 2.97. The van der Waals surface area contributed by atoms with Gasteiger partial charge in [0, 0.05) is 12.6 Å². The van der Waals surface area contributed by atoms with Gasteiger partial charge >= 0.3 is 0 Å². The molecule has 0 radical (unpaired) electrons. The molecule has 1 aliphatic carbocycles. The average molecular weight is 224 g/mol. The summed E-state index contributed by atoms with van der Waals surface area (Å²) in [7, 11) is 0. The summed E-state index contributed by atoms with van der Waals surface area (Å²) < 4.78 is 0. The van der Waals surface area contributed by atoms with E-state index >= 15 is 0 Å². The molecular weight excluding hydrogens is 200 g/mol. The molecule has 1 saturated heterocycles. The Bertz CT molecular complexity index is 257. The molecule has 1 heterocycles. The van der Waals surface area contributed by atoms with E-state index < -0.39 is 0 Å². The minimum absolute atomic E-state index is 0.206. The van der Waals surface area contributed by atoms with E-state index in [1.807, 2.05) is 0 Å². The van der Waals surface area contributed by atoms with E-state index in [9.17, 15) is 4.79 Å². The standard InChI is InChI=1S/C13H24N2O/c1-13(2)6-5-11(8-13)15-12(16)10-4-3-7-14-9-10/h10-11,14H,3-9H2,1-2H3,(H,15,16). The fourth-order valence-corrected chi connectivity index (χ4v) is 2.95. The lowest BCUT2D eigenvalue weighted by molar-refractivity contribution is -0.126. The highest BCUT2D eigenvalue weighted by atomic mass is 16.2. The zero-order valence-electron chi connectivity index (χ0n) is 10.5. The smallest absolute Gasteiger partial charge is 0.224 e. The van der Waals surface area contributed by atoms with Crippen molar-refractivity contribution in [3.8, 4) is 0 Å². The Morgan fingerprint density at radius 3 is 2.75 bits per heavy atom. The van der Waals surface area contributed by atoms with Crippen LogP contribution in [0.5, 0.6) is 0 Å². The van der Waals surface area contributed by atoms with Gasteiger partial charge in [-0.25, -0.2) is 0 Å². The van der Waals surface area contributed by atoms with E-state index in [2.05, 4.69) is 24.5 Å². The molecule has 2 atom stereocenters. The van der Waals surface area contributed by atoms with Crippen LogP contribution in [0.25, 0.3) is 0 Å². The first kappa shape index (κ1) is 11.9. The van der Waals surface area contributed by atoms with Crippen LogP contribution in [0.2, 0.25) is 0 Å². The Hall–Kier alpha value is -0.570. The molecule has 1 saturated carbocycles. The molecule has 0 spiro atoms. The van der Waals surface area contributed by atoms with Crippen LogP contribution in [0.4, 0.5) is 0 Å². The monoisotopic (exact) mass is 224 g/mol. The van der Waals surface area contributed by atoms with Crippen LogP contribution in [0.15, 0.2) is 0 Å². The minimum atomic E-state index is 0.206. The second kappa shape index (κ2) is 4.74. The molecule has 2 unspecified atom stereocenters. The number of amides is 1. The molecule has 0 bridgehead atoms. The average Bonchev–Trinajstić information content (AvgIpc) is 2.59. The van der Waals surface area contributed by atoms with Crippen LogP contribution in [0.3, 0.4) is 0 Å². The highest BCUT2D eigenvalue weighted by Gasteiger charge is 2.33. The number of piperidine rings is 1. The van der Waals surface area contributed by atoms with Gasteiger partial charge in [-0.2, -0.15) is 0 Å². The van der Waals surface area contributed by atoms with Crippen molar-refractivity contribution >= 4 is 5.91 Å². The summed E-state index contributed by atoms with van der Waals surface area (Å²) in [5, 5.41) is 6.52. The molecule has 0 aromatic carbocycles. The second-order valence-corrected chi connectivity index (χ2v) is 6.16. The van der Waals surface area contributed by atoms with Crippen LogP contribution in [-0.2, 0) is 4.79 Å². The molecule has 1 aliphatic heterocycles. The first-order valence-corrected chi connectivity index (χ1v) is 6.58. The molecule has 3 heteroatoms. The molecule has 1 amide bonds.